The van der Waals surface area contributed by atoms with Crippen molar-refractivity contribution in [2.45, 2.75) is 31.3 Å². The van der Waals surface area contributed by atoms with Crippen molar-refractivity contribution in [1.82, 2.24) is 4.90 Å². The first-order valence-corrected chi connectivity index (χ1v) is 10.7. The molecule has 178 valence electrons. The molecule has 3 aromatic carbocycles. The zero-order valence-electron chi connectivity index (χ0n) is 21.5. The normalized spacial score (nSPS) is 19.7. The molecule has 7 N–H and O–H groups in total. The van der Waals surface area contributed by atoms with Crippen LogP contribution in [0.25, 0.3) is 11.1 Å². The molecular weight excluding hydrogens is 436 g/mol. The highest BCUT2D eigenvalue weighted by atomic mass is 16.4. The van der Waals surface area contributed by atoms with E-state index in [1.54, 1.807) is 6.07 Å². The number of phenolic OH excluding ortho intramolecular Hbond substituents is 4. The van der Waals surface area contributed by atoms with Crippen molar-refractivity contribution in [1.29, 1.82) is 0 Å². The fraction of sp³-hybridized carbons (Fsp3) is 0.269. The lowest BCUT2D eigenvalue weighted by molar-refractivity contribution is -0.138. The number of fused-ring (bicyclic) bond motifs is 2. The molecule has 0 bridgehead atoms. The molecule has 2 aliphatic rings. The Morgan fingerprint density at radius 2 is 1.85 bits per heavy atom. The van der Waals surface area contributed by atoms with Crippen LogP contribution in [0.1, 0.15) is 32.4 Å². The fourth-order valence-corrected chi connectivity index (χ4v) is 4.48. The van der Waals surface area contributed by atoms with Gasteiger partial charge in [0.25, 0.3) is 0 Å². The standard InChI is InChI=1S/C17H17NO2.C9H11NO4/c1-18-8-7-10-3-2-4-12-15(10)13(18)9-11-5-6-14(19)17(20)16(11)12;10-6(9(13)14)3-5-1-2-7(11)8(12)4-5/h2-6,13,19-20H,7-9H2,1H3;1-2,4,6,11-12H,3,10H2,(H,13,14)/t13-;6-/m10/s1/i;3D2,6D. The molecule has 0 amide bonds. The molecule has 5 rings (SSSR count). The van der Waals surface area contributed by atoms with E-state index < -0.39 is 29.9 Å². The molecule has 1 aliphatic carbocycles. The lowest BCUT2D eigenvalue weighted by Gasteiger charge is -2.39. The van der Waals surface area contributed by atoms with Crippen molar-refractivity contribution >= 4 is 5.97 Å². The van der Waals surface area contributed by atoms with Crippen molar-refractivity contribution < 1.29 is 34.4 Å². The van der Waals surface area contributed by atoms with Gasteiger partial charge >= 0.3 is 5.97 Å². The number of carboxylic acid groups (broad SMARTS) is 1. The third-order valence-corrected chi connectivity index (χ3v) is 6.21. The summed E-state index contributed by atoms with van der Waals surface area (Å²) in [6.07, 6.45) is -0.793. The third-order valence-electron chi connectivity index (χ3n) is 6.21. The van der Waals surface area contributed by atoms with Gasteiger partial charge in [0.2, 0.25) is 0 Å². The predicted molar refractivity (Wildman–Crippen MR) is 127 cm³/mol. The fourth-order valence-electron chi connectivity index (χ4n) is 4.48. The zero-order chi connectivity index (χ0) is 27.3. The Morgan fingerprint density at radius 1 is 1.12 bits per heavy atom. The molecule has 8 heteroatoms. The number of carboxylic acids is 1. The average Bonchev–Trinajstić information content (AvgIpc) is 2.85. The van der Waals surface area contributed by atoms with Crippen LogP contribution in [0, 0.1) is 0 Å². The molecule has 1 heterocycles. The Hall–Kier alpha value is -3.75. The SMILES string of the molecule is CN1CCc2cccc3c2[C@H]1Cc1ccc(O)c(O)c1-3.[2H]C([2H])(c1ccc(O)c(O)c1)[C@]([2H])(N)C(=O)O. The van der Waals surface area contributed by atoms with Crippen LogP contribution >= 0.6 is 0 Å². The van der Waals surface area contributed by atoms with Gasteiger partial charge in [-0.15, -0.1) is 0 Å². The summed E-state index contributed by atoms with van der Waals surface area (Å²) >= 11 is 0. The molecule has 0 fully saturated rings. The summed E-state index contributed by atoms with van der Waals surface area (Å²) in [5.41, 5.74) is 10.5. The zero-order valence-corrected chi connectivity index (χ0v) is 18.5. The summed E-state index contributed by atoms with van der Waals surface area (Å²) in [7, 11) is 2.16. The van der Waals surface area contributed by atoms with E-state index in [1.807, 2.05) is 6.07 Å². The molecule has 2 atom stereocenters. The molecule has 3 aromatic rings. The van der Waals surface area contributed by atoms with Crippen LogP contribution in [0.5, 0.6) is 23.0 Å². The van der Waals surface area contributed by atoms with Crippen molar-refractivity contribution in [3.05, 3.63) is 70.8 Å². The van der Waals surface area contributed by atoms with E-state index >= 15 is 0 Å². The lowest BCUT2D eigenvalue weighted by Crippen LogP contribution is -2.35. The van der Waals surface area contributed by atoms with Gasteiger partial charge in [0.15, 0.2) is 23.0 Å². The number of carbonyl (C=O) groups is 1. The number of aromatic hydroxyl groups is 4. The summed E-state index contributed by atoms with van der Waals surface area (Å²) in [4.78, 5) is 13.1. The van der Waals surface area contributed by atoms with E-state index in [-0.39, 0.29) is 17.1 Å². The Bertz CT molecular complexity index is 1380. The molecule has 0 saturated carbocycles. The number of nitrogens with zero attached hydrogens (tertiary/aromatic N) is 1. The Balaban J connectivity index is 0.000000176. The number of rotatable bonds is 3. The summed E-state index contributed by atoms with van der Waals surface area (Å²) in [5, 5.41) is 47.0. The topological polar surface area (TPSA) is 147 Å². The van der Waals surface area contributed by atoms with Crippen molar-refractivity contribution in [3.63, 3.8) is 0 Å². The largest absolute Gasteiger partial charge is 0.504 e. The van der Waals surface area contributed by atoms with Crippen molar-refractivity contribution in [2.24, 2.45) is 5.73 Å². The highest BCUT2D eigenvalue weighted by Crippen LogP contribution is 2.49. The maximum absolute atomic E-state index is 10.7. The number of hydrogen-bond donors (Lipinski definition) is 6. The summed E-state index contributed by atoms with van der Waals surface area (Å²) in [6.45, 7) is 1.07. The van der Waals surface area contributed by atoms with Crippen LogP contribution in [0.15, 0.2) is 48.5 Å². The van der Waals surface area contributed by atoms with Gasteiger partial charge < -0.3 is 31.3 Å². The average molecular weight is 468 g/mol. The smallest absolute Gasteiger partial charge is 0.320 e. The second kappa shape index (κ2) is 9.24. The Kier molecular flexibility index (Phi) is 5.36. The third kappa shape index (κ3) is 4.37. The van der Waals surface area contributed by atoms with Gasteiger partial charge in [-0.25, -0.2) is 0 Å². The van der Waals surface area contributed by atoms with Gasteiger partial charge in [0.05, 0.1) is 1.37 Å². The van der Waals surface area contributed by atoms with Crippen LogP contribution in [-0.2, 0) is 24.0 Å². The monoisotopic (exact) mass is 467 g/mol. The van der Waals surface area contributed by atoms with Crippen molar-refractivity contribution in [2.75, 3.05) is 13.6 Å². The van der Waals surface area contributed by atoms with Crippen LogP contribution in [0.4, 0.5) is 0 Å². The van der Waals surface area contributed by atoms with Crippen LogP contribution in [0.2, 0.25) is 0 Å². The van der Waals surface area contributed by atoms with Gasteiger partial charge in [0.1, 0.15) is 6.02 Å². The second-order valence-corrected chi connectivity index (χ2v) is 8.34. The minimum atomic E-state index is -2.91. The molecule has 0 spiro atoms. The van der Waals surface area contributed by atoms with Crippen LogP contribution in [0.3, 0.4) is 0 Å². The van der Waals surface area contributed by atoms with E-state index in [1.165, 1.54) is 11.1 Å². The minimum absolute atomic E-state index is 0.0163. The first-order chi connectivity index (χ1) is 17.3. The van der Waals surface area contributed by atoms with Gasteiger partial charge in [-0.2, -0.15) is 0 Å². The van der Waals surface area contributed by atoms with Gasteiger partial charge in [-0.05, 0) is 72.3 Å². The second-order valence-electron chi connectivity index (χ2n) is 8.34. The van der Waals surface area contributed by atoms with Crippen LogP contribution < -0.4 is 5.73 Å². The van der Waals surface area contributed by atoms with E-state index in [9.17, 15) is 20.1 Å². The van der Waals surface area contributed by atoms with Gasteiger partial charge in [-0.1, -0.05) is 30.3 Å². The lowest BCUT2D eigenvalue weighted by atomic mass is 9.77. The molecule has 1 aliphatic heterocycles. The van der Waals surface area contributed by atoms with Crippen molar-refractivity contribution in [3.8, 4) is 34.1 Å². The predicted octanol–water partition coefficient (Wildman–Crippen LogP) is 2.90. The summed E-state index contributed by atoms with van der Waals surface area (Å²) in [6, 6.07) is 10.2. The molecule has 0 aromatic heterocycles. The molecule has 0 radical (unpaired) electrons. The molecular formula is C26H28N2O6. The Labute approximate surface area is 201 Å². The van der Waals surface area contributed by atoms with E-state index in [0.717, 1.165) is 54.3 Å². The minimum Gasteiger partial charge on any atom is -0.504 e. The summed E-state index contributed by atoms with van der Waals surface area (Å²) in [5.74, 6) is -2.96. The maximum atomic E-state index is 10.7. The molecule has 0 unspecified atom stereocenters. The van der Waals surface area contributed by atoms with Gasteiger partial charge in [-0.3, -0.25) is 9.69 Å². The first kappa shape index (κ1) is 19.7. The number of hydrogen-bond acceptors (Lipinski definition) is 7. The number of aliphatic carboxylic acids is 1. The highest BCUT2D eigenvalue weighted by Gasteiger charge is 2.34. The quantitative estimate of drug-likeness (QED) is 0.322. The maximum Gasteiger partial charge on any atom is 0.320 e. The Morgan fingerprint density at radius 3 is 2.56 bits per heavy atom. The van der Waals surface area contributed by atoms with Gasteiger partial charge in [0, 0.05) is 20.9 Å². The highest BCUT2D eigenvalue weighted by molar-refractivity contribution is 5.82. The van der Waals surface area contributed by atoms with Crippen LogP contribution in [-0.4, -0.2) is 56.0 Å². The summed E-state index contributed by atoms with van der Waals surface area (Å²) < 4.78 is 22.4. The number of phenols is 4. The van der Waals surface area contributed by atoms with E-state index in [0.29, 0.717) is 6.04 Å². The number of likely N-dealkylation sites (N-methyl/N-ethyl adjacent to an activating group) is 1. The first-order valence-electron chi connectivity index (χ1n) is 12.2. The molecule has 34 heavy (non-hydrogen) atoms. The molecule has 0 saturated heterocycles. The number of benzene rings is 3. The number of nitrogens with two attached hydrogens (primary N) is 1. The molecule has 8 nitrogen and oxygen atoms in total. The van der Waals surface area contributed by atoms with E-state index in [4.69, 9.17) is 20.1 Å². The van der Waals surface area contributed by atoms with E-state index in [2.05, 4.69) is 30.1 Å².